The van der Waals surface area contributed by atoms with Crippen LogP contribution in [0.15, 0.2) is 54.7 Å². The number of rotatable bonds is 3. The Labute approximate surface area is 128 Å². The molecule has 0 saturated heterocycles. The summed E-state index contributed by atoms with van der Waals surface area (Å²) in [6, 6.07) is 15.8. The molecular weight excluding hydrogens is 282 g/mol. The Kier molecular flexibility index (Phi) is 3.93. The number of pyridine rings is 1. The van der Waals surface area contributed by atoms with Gasteiger partial charge >= 0.3 is 0 Å². The van der Waals surface area contributed by atoms with Crippen molar-refractivity contribution < 1.29 is 0 Å². The minimum atomic E-state index is 0.495. The zero-order chi connectivity index (χ0) is 14.7. The van der Waals surface area contributed by atoms with Gasteiger partial charge < -0.3 is 0 Å². The lowest BCUT2D eigenvalue weighted by Gasteiger charge is -2.09. The molecule has 0 radical (unpaired) electrons. The Morgan fingerprint density at radius 2 is 1.71 bits per heavy atom. The molecule has 0 spiro atoms. The highest BCUT2D eigenvalue weighted by molar-refractivity contribution is 6.30. The maximum absolute atomic E-state index is 6.26. The van der Waals surface area contributed by atoms with Gasteiger partial charge in [-0.3, -0.25) is 4.98 Å². The molecule has 2 aromatic heterocycles. The second-order valence-electron chi connectivity index (χ2n) is 4.77. The fourth-order valence-corrected chi connectivity index (χ4v) is 2.34. The molecule has 4 heteroatoms. The molecule has 0 N–H and O–H groups in total. The first-order chi connectivity index (χ1) is 10.2. The molecule has 0 fully saturated rings. The third kappa shape index (κ3) is 3.09. The monoisotopic (exact) mass is 295 g/mol. The van der Waals surface area contributed by atoms with E-state index in [1.54, 1.807) is 6.20 Å². The summed E-state index contributed by atoms with van der Waals surface area (Å²) >= 11 is 6.26. The molecule has 0 bridgehead atoms. The van der Waals surface area contributed by atoms with Crippen LogP contribution >= 0.6 is 11.6 Å². The summed E-state index contributed by atoms with van der Waals surface area (Å²) in [5.41, 5.74) is 3.74. The molecule has 104 valence electrons. The SMILES string of the molecule is Cc1c(Cl)nc(Cc2ccccn2)nc1-c1ccccc1. The highest BCUT2D eigenvalue weighted by Gasteiger charge is 2.11. The molecule has 3 nitrogen and oxygen atoms in total. The van der Waals surface area contributed by atoms with Crippen LogP contribution in [0.4, 0.5) is 0 Å². The third-order valence-corrected chi connectivity index (χ3v) is 3.61. The zero-order valence-electron chi connectivity index (χ0n) is 11.6. The van der Waals surface area contributed by atoms with Crippen molar-refractivity contribution in [2.75, 3.05) is 0 Å². The summed E-state index contributed by atoms with van der Waals surface area (Å²) in [6.45, 7) is 1.94. The van der Waals surface area contributed by atoms with Gasteiger partial charge in [0.2, 0.25) is 0 Å². The van der Waals surface area contributed by atoms with Gasteiger partial charge in [-0.2, -0.15) is 0 Å². The fraction of sp³-hybridized carbons (Fsp3) is 0.118. The quantitative estimate of drug-likeness (QED) is 0.683. The van der Waals surface area contributed by atoms with Gasteiger partial charge in [0.1, 0.15) is 11.0 Å². The minimum Gasteiger partial charge on any atom is -0.261 e. The van der Waals surface area contributed by atoms with Gasteiger partial charge in [-0.05, 0) is 19.1 Å². The number of benzene rings is 1. The van der Waals surface area contributed by atoms with Gasteiger partial charge in [0.05, 0.1) is 12.1 Å². The highest BCUT2D eigenvalue weighted by atomic mass is 35.5. The molecular formula is C17H14ClN3. The van der Waals surface area contributed by atoms with Gasteiger partial charge in [0.25, 0.3) is 0 Å². The maximum atomic E-state index is 6.26. The molecule has 0 atom stereocenters. The van der Waals surface area contributed by atoms with Crippen LogP contribution in [-0.4, -0.2) is 15.0 Å². The summed E-state index contributed by atoms with van der Waals surface area (Å²) in [5, 5.41) is 0.495. The second-order valence-corrected chi connectivity index (χ2v) is 5.13. The molecule has 0 aliphatic carbocycles. The standard InChI is InChI=1S/C17H14ClN3/c1-12-16(13-7-3-2-4-8-13)20-15(21-17(12)18)11-14-9-5-6-10-19-14/h2-10H,11H2,1H3. The Bertz CT molecular complexity index is 743. The topological polar surface area (TPSA) is 38.7 Å². The van der Waals surface area contributed by atoms with Gasteiger partial charge in [-0.15, -0.1) is 0 Å². The lowest BCUT2D eigenvalue weighted by molar-refractivity contribution is 0.931. The molecule has 0 aliphatic heterocycles. The van der Waals surface area contributed by atoms with Crippen molar-refractivity contribution in [3.05, 3.63) is 77.0 Å². The number of nitrogens with zero attached hydrogens (tertiary/aromatic N) is 3. The normalized spacial score (nSPS) is 10.6. The van der Waals surface area contributed by atoms with E-state index >= 15 is 0 Å². The van der Waals surface area contributed by atoms with Crippen LogP contribution in [-0.2, 0) is 6.42 Å². The van der Waals surface area contributed by atoms with Crippen molar-refractivity contribution in [3.8, 4) is 11.3 Å². The molecule has 3 aromatic rings. The van der Waals surface area contributed by atoms with E-state index < -0.39 is 0 Å². The average Bonchev–Trinajstić information content (AvgIpc) is 2.52. The second kappa shape index (κ2) is 6.02. The van der Waals surface area contributed by atoms with Crippen LogP contribution in [0.5, 0.6) is 0 Å². The molecule has 1 aromatic carbocycles. The lowest BCUT2D eigenvalue weighted by Crippen LogP contribution is -2.02. The smallest absolute Gasteiger partial charge is 0.136 e. The van der Waals surface area contributed by atoms with Crippen molar-refractivity contribution in [3.63, 3.8) is 0 Å². The van der Waals surface area contributed by atoms with Crippen LogP contribution in [0.2, 0.25) is 5.15 Å². The Balaban J connectivity index is 2.02. The Morgan fingerprint density at radius 3 is 2.43 bits per heavy atom. The molecule has 3 rings (SSSR count). The Hall–Kier alpha value is -2.26. The predicted octanol–water partition coefficient (Wildman–Crippen LogP) is 4.09. The highest BCUT2D eigenvalue weighted by Crippen LogP contribution is 2.25. The molecule has 0 saturated carbocycles. The van der Waals surface area contributed by atoms with Gasteiger partial charge in [0, 0.05) is 23.0 Å². The van der Waals surface area contributed by atoms with E-state index in [0.717, 1.165) is 22.5 Å². The van der Waals surface area contributed by atoms with Crippen LogP contribution in [0.1, 0.15) is 17.1 Å². The van der Waals surface area contributed by atoms with E-state index in [0.29, 0.717) is 17.4 Å². The van der Waals surface area contributed by atoms with Crippen LogP contribution in [0, 0.1) is 6.92 Å². The average molecular weight is 296 g/mol. The van der Waals surface area contributed by atoms with Crippen LogP contribution < -0.4 is 0 Å². The van der Waals surface area contributed by atoms with E-state index in [4.69, 9.17) is 11.6 Å². The molecule has 0 amide bonds. The predicted molar refractivity (Wildman–Crippen MR) is 84.3 cm³/mol. The first-order valence-electron chi connectivity index (χ1n) is 6.72. The van der Waals surface area contributed by atoms with E-state index in [1.165, 1.54) is 0 Å². The molecule has 2 heterocycles. The summed E-state index contributed by atoms with van der Waals surface area (Å²) in [6.07, 6.45) is 2.34. The van der Waals surface area contributed by atoms with Gasteiger partial charge in [-0.1, -0.05) is 48.0 Å². The lowest BCUT2D eigenvalue weighted by atomic mass is 10.1. The van der Waals surface area contributed by atoms with Gasteiger partial charge in [-0.25, -0.2) is 9.97 Å². The summed E-state index contributed by atoms with van der Waals surface area (Å²) in [7, 11) is 0. The van der Waals surface area contributed by atoms with Crippen LogP contribution in [0.25, 0.3) is 11.3 Å². The number of hydrogen-bond donors (Lipinski definition) is 0. The minimum absolute atomic E-state index is 0.495. The van der Waals surface area contributed by atoms with Crippen molar-refractivity contribution in [2.24, 2.45) is 0 Å². The third-order valence-electron chi connectivity index (χ3n) is 3.25. The van der Waals surface area contributed by atoms with E-state index in [9.17, 15) is 0 Å². The van der Waals surface area contributed by atoms with E-state index in [-0.39, 0.29) is 0 Å². The summed E-state index contributed by atoms with van der Waals surface area (Å²) < 4.78 is 0. The maximum Gasteiger partial charge on any atom is 0.136 e. The number of hydrogen-bond acceptors (Lipinski definition) is 3. The first-order valence-corrected chi connectivity index (χ1v) is 7.10. The largest absolute Gasteiger partial charge is 0.261 e. The van der Waals surface area contributed by atoms with Crippen molar-refractivity contribution >= 4 is 11.6 Å². The summed E-state index contributed by atoms with van der Waals surface area (Å²) in [5.74, 6) is 0.683. The van der Waals surface area contributed by atoms with Crippen LogP contribution in [0.3, 0.4) is 0 Å². The van der Waals surface area contributed by atoms with E-state index in [1.807, 2.05) is 55.5 Å². The van der Waals surface area contributed by atoms with Crippen molar-refractivity contribution in [2.45, 2.75) is 13.3 Å². The van der Waals surface area contributed by atoms with Crippen molar-refractivity contribution in [1.82, 2.24) is 15.0 Å². The number of aromatic nitrogens is 3. The van der Waals surface area contributed by atoms with E-state index in [2.05, 4.69) is 15.0 Å². The zero-order valence-corrected chi connectivity index (χ0v) is 12.4. The molecule has 21 heavy (non-hydrogen) atoms. The van der Waals surface area contributed by atoms with Gasteiger partial charge in [0.15, 0.2) is 0 Å². The summed E-state index contributed by atoms with van der Waals surface area (Å²) in [4.78, 5) is 13.3. The Morgan fingerprint density at radius 1 is 0.952 bits per heavy atom. The first kappa shape index (κ1) is 13.7. The van der Waals surface area contributed by atoms with Crippen molar-refractivity contribution in [1.29, 1.82) is 0 Å². The molecule has 0 aliphatic rings. The number of halogens is 1. The molecule has 0 unspecified atom stereocenters. The fourth-order valence-electron chi connectivity index (χ4n) is 2.15.